The molecule has 1 aromatic heterocycles. The van der Waals surface area contributed by atoms with Gasteiger partial charge in [0.25, 0.3) is 5.91 Å². The first-order valence-corrected chi connectivity index (χ1v) is 7.75. The van der Waals surface area contributed by atoms with Crippen LogP contribution >= 0.6 is 0 Å². The number of ether oxygens (including phenoxy) is 1. The van der Waals surface area contributed by atoms with E-state index in [1.807, 2.05) is 82.5 Å². The zero-order chi connectivity index (χ0) is 16.8. The molecule has 1 amide bonds. The number of anilines is 1. The summed E-state index contributed by atoms with van der Waals surface area (Å²) in [5.74, 6) is 0.798. The number of aromatic nitrogens is 2. The van der Waals surface area contributed by atoms with Gasteiger partial charge in [0, 0.05) is 5.69 Å². The van der Waals surface area contributed by atoms with E-state index >= 15 is 0 Å². The maximum Gasteiger partial charge on any atom is 0.266 e. The van der Waals surface area contributed by atoms with Crippen LogP contribution in [0.2, 0.25) is 0 Å². The topological polar surface area (TPSA) is 47.1 Å². The molecule has 0 aliphatic carbocycles. The molecule has 0 saturated carbocycles. The molecule has 3 rings (SSSR count). The zero-order valence-corrected chi connectivity index (χ0v) is 13.6. The highest BCUT2D eigenvalue weighted by Gasteiger charge is 2.10. The number of benzene rings is 2. The monoisotopic (exact) mass is 322 g/mol. The van der Waals surface area contributed by atoms with E-state index in [2.05, 4.69) is 5.32 Å². The molecular weight excluding hydrogens is 302 g/mol. The van der Waals surface area contributed by atoms with Crippen molar-refractivity contribution in [3.05, 3.63) is 78.9 Å². The number of para-hydroxylation sites is 1. The molecule has 0 radical (unpaired) electrons. The molecular formula is C19H20N3O2+. The number of carbonyl (C=O) groups is 1. The third kappa shape index (κ3) is 4.23. The van der Waals surface area contributed by atoms with E-state index in [1.165, 1.54) is 5.56 Å². The molecule has 0 spiro atoms. The van der Waals surface area contributed by atoms with Crippen LogP contribution in [0.3, 0.4) is 0 Å². The third-order valence-electron chi connectivity index (χ3n) is 3.65. The minimum Gasteiger partial charge on any atom is -0.497 e. The van der Waals surface area contributed by atoms with Gasteiger partial charge in [-0.05, 0) is 29.8 Å². The fourth-order valence-electron chi connectivity index (χ4n) is 2.46. The lowest BCUT2D eigenvalue weighted by atomic mass is 10.2. The number of amides is 1. The molecule has 122 valence electrons. The zero-order valence-electron chi connectivity index (χ0n) is 13.6. The van der Waals surface area contributed by atoms with E-state index in [1.54, 1.807) is 7.11 Å². The Balaban J connectivity index is 1.57. The van der Waals surface area contributed by atoms with Crippen LogP contribution in [0.15, 0.2) is 73.3 Å². The van der Waals surface area contributed by atoms with Crippen LogP contribution in [0.1, 0.15) is 5.56 Å². The van der Waals surface area contributed by atoms with E-state index in [0.717, 1.165) is 18.0 Å². The number of methoxy groups -OCH3 is 1. The van der Waals surface area contributed by atoms with Gasteiger partial charge in [-0.2, -0.15) is 0 Å². The van der Waals surface area contributed by atoms with E-state index in [-0.39, 0.29) is 12.5 Å². The Morgan fingerprint density at radius 2 is 1.88 bits per heavy atom. The Morgan fingerprint density at radius 1 is 1.12 bits per heavy atom. The van der Waals surface area contributed by atoms with Crippen LogP contribution in [0.4, 0.5) is 5.69 Å². The first kappa shape index (κ1) is 15.8. The van der Waals surface area contributed by atoms with E-state index in [0.29, 0.717) is 0 Å². The Morgan fingerprint density at radius 3 is 2.58 bits per heavy atom. The van der Waals surface area contributed by atoms with Crippen molar-refractivity contribution in [1.82, 2.24) is 4.57 Å². The molecule has 0 saturated heterocycles. The molecule has 0 aliphatic rings. The number of rotatable bonds is 6. The predicted molar refractivity (Wildman–Crippen MR) is 91.8 cm³/mol. The Bertz CT molecular complexity index is 795. The lowest BCUT2D eigenvalue weighted by Gasteiger charge is -2.03. The lowest BCUT2D eigenvalue weighted by Crippen LogP contribution is -2.32. The minimum absolute atomic E-state index is 0.0478. The van der Waals surface area contributed by atoms with Gasteiger partial charge in [-0.3, -0.25) is 4.79 Å². The number of carbonyl (C=O) groups excluding carboxylic acids is 1. The molecule has 0 unspecified atom stereocenters. The van der Waals surface area contributed by atoms with E-state index < -0.39 is 0 Å². The van der Waals surface area contributed by atoms with E-state index in [9.17, 15) is 4.79 Å². The quantitative estimate of drug-likeness (QED) is 0.709. The van der Waals surface area contributed by atoms with Crippen molar-refractivity contribution in [2.24, 2.45) is 0 Å². The molecule has 2 aromatic carbocycles. The molecule has 1 N–H and O–H groups in total. The Labute approximate surface area is 141 Å². The SMILES string of the molecule is COc1ccc(C[n+]2ccn(CC(=O)Nc3ccccc3)c2)cc1. The molecule has 0 atom stereocenters. The number of hydrogen-bond acceptors (Lipinski definition) is 2. The maximum absolute atomic E-state index is 12.1. The molecule has 0 aliphatic heterocycles. The van der Waals surface area contributed by atoms with Crippen molar-refractivity contribution in [2.45, 2.75) is 13.1 Å². The molecule has 3 aromatic rings. The van der Waals surface area contributed by atoms with Gasteiger partial charge < -0.3 is 10.1 Å². The summed E-state index contributed by atoms with van der Waals surface area (Å²) in [4.78, 5) is 12.1. The average molecular weight is 322 g/mol. The van der Waals surface area contributed by atoms with Gasteiger partial charge in [0.15, 0.2) is 6.54 Å². The van der Waals surface area contributed by atoms with Gasteiger partial charge in [0.1, 0.15) is 24.7 Å². The number of nitrogens with zero attached hydrogens (tertiary/aromatic N) is 2. The van der Waals surface area contributed by atoms with Gasteiger partial charge in [0.2, 0.25) is 6.33 Å². The molecule has 0 bridgehead atoms. The van der Waals surface area contributed by atoms with Crippen LogP contribution < -0.4 is 14.6 Å². The largest absolute Gasteiger partial charge is 0.497 e. The van der Waals surface area contributed by atoms with Crippen LogP contribution in [0.5, 0.6) is 5.75 Å². The first-order chi connectivity index (χ1) is 11.7. The van der Waals surface area contributed by atoms with Crippen molar-refractivity contribution < 1.29 is 14.1 Å². The molecule has 5 heteroatoms. The van der Waals surface area contributed by atoms with Crippen molar-refractivity contribution in [2.75, 3.05) is 12.4 Å². The predicted octanol–water partition coefficient (Wildman–Crippen LogP) is 2.47. The highest BCUT2D eigenvalue weighted by molar-refractivity contribution is 5.90. The maximum atomic E-state index is 12.1. The van der Waals surface area contributed by atoms with Crippen molar-refractivity contribution in [3.63, 3.8) is 0 Å². The average Bonchev–Trinajstić information content (AvgIpc) is 3.03. The summed E-state index contributed by atoms with van der Waals surface area (Å²) in [5, 5.41) is 2.88. The summed E-state index contributed by atoms with van der Waals surface area (Å²) in [7, 11) is 1.66. The second-order valence-corrected chi connectivity index (χ2v) is 5.52. The van der Waals surface area contributed by atoms with Crippen LogP contribution in [-0.4, -0.2) is 17.6 Å². The summed E-state index contributed by atoms with van der Waals surface area (Å²) in [6, 6.07) is 17.4. The van der Waals surface area contributed by atoms with Crippen molar-refractivity contribution in [3.8, 4) is 5.75 Å². The summed E-state index contributed by atoms with van der Waals surface area (Å²) in [5.41, 5.74) is 1.98. The Hall–Kier alpha value is -3.08. The fourth-order valence-corrected chi connectivity index (χ4v) is 2.46. The highest BCUT2D eigenvalue weighted by atomic mass is 16.5. The summed E-state index contributed by atoms with van der Waals surface area (Å²) in [6.45, 7) is 1.03. The molecule has 24 heavy (non-hydrogen) atoms. The van der Waals surface area contributed by atoms with Crippen molar-refractivity contribution in [1.29, 1.82) is 0 Å². The third-order valence-corrected chi connectivity index (χ3v) is 3.65. The highest BCUT2D eigenvalue weighted by Crippen LogP contribution is 2.11. The summed E-state index contributed by atoms with van der Waals surface area (Å²) < 4.78 is 9.06. The van der Waals surface area contributed by atoms with Gasteiger partial charge in [-0.25, -0.2) is 9.13 Å². The van der Waals surface area contributed by atoms with Gasteiger partial charge in [-0.15, -0.1) is 0 Å². The molecule has 0 fully saturated rings. The minimum atomic E-state index is -0.0478. The van der Waals surface area contributed by atoms with Gasteiger partial charge in [0.05, 0.1) is 7.11 Å². The Kier molecular flexibility index (Phi) is 4.91. The summed E-state index contributed by atoms with van der Waals surface area (Å²) >= 11 is 0. The number of nitrogens with one attached hydrogen (secondary N) is 1. The second kappa shape index (κ2) is 7.46. The van der Waals surface area contributed by atoms with Crippen LogP contribution in [-0.2, 0) is 17.9 Å². The number of hydrogen-bond donors (Lipinski definition) is 1. The molecule has 1 heterocycles. The fraction of sp³-hybridized carbons (Fsp3) is 0.158. The second-order valence-electron chi connectivity index (χ2n) is 5.52. The van der Waals surface area contributed by atoms with Gasteiger partial charge in [-0.1, -0.05) is 30.3 Å². The standard InChI is InChI=1S/C19H19N3O2/c1-24-18-9-7-16(8-10-18)13-21-11-12-22(15-21)14-19(23)20-17-5-3-2-4-6-17/h2-12,15H,13-14H2,1H3/p+1. The normalized spacial score (nSPS) is 10.4. The van der Waals surface area contributed by atoms with Crippen LogP contribution in [0.25, 0.3) is 0 Å². The summed E-state index contributed by atoms with van der Waals surface area (Å²) in [6.07, 6.45) is 5.78. The van der Waals surface area contributed by atoms with E-state index in [4.69, 9.17) is 4.74 Å². The smallest absolute Gasteiger partial charge is 0.266 e. The first-order valence-electron chi connectivity index (χ1n) is 7.75. The van der Waals surface area contributed by atoms with Crippen molar-refractivity contribution >= 4 is 11.6 Å². The van der Waals surface area contributed by atoms with Crippen LogP contribution in [0, 0.1) is 0 Å². The molecule has 5 nitrogen and oxygen atoms in total. The van der Waals surface area contributed by atoms with Gasteiger partial charge >= 0.3 is 0 Å². The lowest BCUT2D eigenvalue weighted by molar-refractivity contribution is -0.687. The number of imidazole rings is 1.